The number of anilines is 1. The molecule has 0 aliphatic carbocycles. The molecule has 0 unspecified atom stereocenters. The Morgan fingerprint density at radius 3 is 2.17 bits per heavy atom. The number of para-hydroxylation sites is 1. The Labute approximate surface area is 222 Å². The topological polar surface area (TPSA) is 86.8 Å². The molecular weight excluding hydrogens is 533 g/mol. The highest BCUT2D eigenvalue weighted by molar-refractivity contribution is 7.92. The van der Waals surface area contributed by atoms with Crippen molar-refractivity contribution in [1.29, 1.82) is 0 Å². The van der Waals surface area contributed by atoms with Gasteiger partial charge in [-0.2, -0.15) is 0 Å². The van der Waals surface area contributed by atoms with E-state index < -0.39 is 28.5 Å². The van der Waals surface area contributed by atoms with Gasteiger partial charge in [0, 0.05) is 12.6 Å². The first-order valence-electron chi connectivity index (χ1n) is 11.1. The predicted molar refractivity (Wildman–Crippen MR) is 143 cm³/mol. The lowest BCUT2D eigenvalue weighted by molar-refractivity contribution is -0.140. The molecule has 0 aliphatic rings. The summed E-state index contributed by atoms with van der Waals surface area (Å²) in [6.45, 7) is 5.11. The number of sulfonamides is 1. The van der Waals surface area contributed by atoms with Crippen molar-refractivity contribution < 1.29 is 18.0 Å². The molecular formula is C24H30Cl3N3O4S. The number of benzene rings is 2. The van der Waals surface area contributed by atoms with Crippen LogP contribution in [-0.4, -0.2) is 50.0 Å². The zero-order valence-electron chi connectivity index (χ0n) is 20.1. The Bertz CT molecular complexity index is 1160. The third kappa shape index (κ3) is 8.00. The molecule has 0 bridgehead atoms. The maximum atomic E-state index is 13.6. The van der Waals surface area contributed by atoms with Crippen LogP contribution < -0.4 is 9.62 Å². The number of halogens is 3. The lowest BCUT2D eigenvalue weighted by Gasteiger charge is -2.33. The lowest BCUT2D eigenvalue weighted by Crippen LogP contribution is -2.53. The summed E-state index contributed by atoms with van der Waals surface area (Å²) < 4.78 is 26.2. The standard InChI is InChI=1S/C24H30Cl3N3O4S/c1-5-16(3)28-24(32)21(6-2)29(14-17-11-12-18(25)20(27)13-17)23(31)15-30(35(4,33)34)22-10-8-7-9-19(22)26/h7-13,16,21H,5-6,14-15H2,1-4H3,(H,28,32)/t16-,21+/m1/s1. The van der Waals surface area contributed by atoms with Crippen molar-refractivity contribution in [2.24, 2.45) is 0 Å². The Balaban J connectivity index is 2.48. The number of nitrogens with one attached hydrogen (secondary N) is 1. The van der Waals surface area contributed by atoms with Crippen LogP contribution in [0.2, 0.25) is 15.1 Å². The van der Waals surface area contributed by atoms with Crippen LogP contribution in [0, 0.1) is 0 Å². The number of carbonyl (C=O) groups excluding carboxylic acids is 2. The average Bonchev–Trinajstić information content (AvgIpc) is 2.79. The number of hydrogen-bond donors (Lipinski definition) is 1. The van der Waals surface area contributed by atoms with E-state index in [2.05, 4.69) is 5.32 Å². The first kappa shape index (κ1) is 29.2. The highest BCUT2D eigenvalue weighted by atomic mass is 35.5. The molecule has 0 radical (unpaired) electrons. The van der Waals surface area contributed by atoms with E-state index in [0.717, 1.165) is 17.0 Å². The molecule has 0 aliphatic heterocycles. The van der Waals surface area contributed by atoms with E-state index in [9.17, 15) is 18.0 Å². The van der Waals surface area contributed by atoms with Crippen LogP contribution in [0.25, 0.3) is 0 Å². The van der Waals surface area contributed by atoms with E-state index in [0.29, 0.717) is 22.0 Å². The van der Waals surface area contributed by atoms with Gasteiger partial charge in [0.25, 0.3) is 0 Å². The highest BCUT2D eigenvalue weighted by Crippen LogP contribution is 2.28. The number of hydrogen-bond acceptors (Lipinski definition) is 4. The molecule has 35 heavy (non-hydrogen) atoms. The van der Waals surface area contributed by atoms with E-state index >= 15 is 0 Å². The highest BCUT2D eigenvalue weighted by Gasteiger charge is 2.32. The van der Waals surface area contributed by atoms with Gasteiger partial charge in [-0.25, -0.2) is 8.42 Å². The minimum atomic E-state index is -3.87. The fourth-order valence-corrected chi connectivity index (χ4v) is 4.91. The van der Waals surface area contributed by atoms with Gasteiger partial charge in [-0.1, -0.05) is 66.8 Å². The lowest BCUT2D eigenvalue weighted by atomic mass is 10.1. The molecule has 0 fully saturated rings. The van der Waals surface area contributed by atoms with Crippen LogP contribution >= 0.6 is 34.8 Å². The summed E-state index contributed by atoms with van der Waals surface area (Å²) in [6.07, 6.45) is 2.04. The van der Waals surface area contributed by atoms with Crippen molar-refractivity contribution in [3.8, 4) is 0 Å². The van der Waals surface area contributed by atoms with Crippen molar-refractivity contribution in [1.82, 2.24) is 10.2 Å². The summed E-state index contributed by atoms with van der Waals surface area (Å²) in [5.74, 6) is -0.883. The summed E-state index contributed by atoms with van der Waals surface area (Å²) in [7, 11) is -3.87. The first-order chi connectivity index (χ1) is 16.4. The molecule has 2 aromatic rings. The second-order valence-electron chi connectivity index (χ2n) is 8.23. The molecule has 0 heterocycles. The van der Waals surface area contributed by atoms with E-state index in [1.165, 1.54) is 11.0 Å². The van der Waals surface area contributed by atoms with Crippen LogP contribution in [0.3, 0.4) is 0 Å². The fourth-order valence-electron chi connectivity index (χ4n) is 3.44. The van der Waals surface area contributed by atoms with Gasteiger partial charge in [0.15, 0.2) is 0 Å². The minimum absolute atomic E-state index is 0.0300. The van der Waals surface area contributed by atoms with Crippen molar-refractivity contribution in [2.45, 2.75) is 52.2 Å². The normalized spacial score (nSPS) is 13.1. The Hall–Kier alpha value is -2.00. The van der Waals surface area contributed by atoms with Gasteiger partial charge in [0.2, 0.25) is 21.8 Å². The summed E-state index contributed by atoms with van der Waals surface area (Å²) >= 11 is 18.4. The summed E-state index contributed by atoms with van der Waals surface area (Å²) in [4.78, 5) is 28.1. The number of rotatable bonds is 11. The quantitative estimate of drug-likeness (QED) is 0.411. The van der Waals surface area contributed by atoms with E-state index in [1.807, 2.05) is 13.8 Å². The first-order valence-corrected chi connectivity index (χ1v) is 14.1. The van der Waals surface area contributed by atoms with Gasteiger partial charge in [-0.3, -0.25) is 13.9 Å². The van der Waals surface area contributed by atoms with Crippen LogP contribution in [0.5, 0.6) is 0 Å². The van der Waals surface area contributed by atoms with E-state index in [-0.39, 0.29) is 29.2 Å². The van der Waals surface area contributed by atoms with Gasteiger partial charge < -0.3 is 10.2 Å². The van der Waals surface area contributed by atoms with E-state index in [1.54, 1.807) is 43.3 Å². The van der Waals surface area contributed by atoms with Crippen molar-refractivity contribution in [2.75, 3.05) is 17.1 Å². The van der Waals surface area contributed by atoms with Gasteiger partial charge in [0.1, 0.15) is 12.6 Å². The minimum Gasteiger partial charge on any atom is -0.352 e. The molecule has 0 spiro atoms. The maximum absolute atomic E-state index is 13.6. The van der Waals surface area contributed by atoms with Crippen molar-refractivity contribution in [3.05, 3.63) is 63.1 Å². The number of nitrogens with zero attached hydrogens (tertiary/aromatic N) is 2. The summed E-state index contributed by atoms with van der Waals surface area (Å²) in [5, 5.41) is 3.76. The van der Waals surface area contributed by atoms with Crippen LogP contribution in [0.1, 0.15) is 39.2 Å². The van der Waals surface area contributed by atoms with Gasteiger partial charge >= 0.3 is 0 Å². The van der Waals surface area contributed by atoms with Crippen molar-refractivity contribution in [3.63, 3.8) is 0 Å². The second kappa shape index (κ2) is 12.8. The van der Waals surface area contributed by atoms with Crippen molar-refractivity contribution >= 4 is 62.3 Å². The summed E-state index contributed by atoms with van der Waals surface area (Å²) in [5.41, 5.74) is 0.822. The van der Waals surface area contributed by atoms with Crippen LogP contribution in [0.15, 0.2) is 42.5 Å². The van der Waals surface area contributed by atoms with Gasteiger partial charge in [0.05, 0.1) is 27.0 Å². The zero-order valence-corrected chi connectivity index (χ0v) is 23.2. The second-order valence-corrected chi connectivity index (χ2v) is 11.4. The Kier molecular flexibility index (Phi) is 10.7. The molecule has 2 rings (SSSR count). The largest absolute Gasteiger partial charge is 0.352 e. The Morgan fingerprint density at radius 1 is 0.971 bits per heavy atom. The van der Waals surface area contributed by atoms with Crippen LogP contribution in [0.4, 0.5) is 5.69 Å². The molecule has 2 atom stereocenters. The van der Waals surface area contributed by atoms with E-state index in [4.69, 9.17) is 34.8 Å². The number of carbonyl (C=O) groups is 2. The SMILES string of the molecule is CC[C@@H](C)NC(=O)[C@H](CC)N(Cc1ccc(Cl)c(Cl)c1)C(=O)CN(c1ccccc1Cl)S(C)(=O)=O. The van der Waals surface area contributed by atoms with Crippen LogP contribution in [-0.2, 0) is 26.2 Å². The maximum Gasteiger partial charge on any atom is 0.244 e. The predicted octanol–water partition coefficient (Wildman–Crippen LogP) is 5.13. The molecule has 11 heteroatoms. The summed E-state index contributed by atoms with van der Waals surface area (Å²) in [6, 6.07) is 10.4. The molecule has 2 aromatic carbocycles. The molecule has 2 amide bonds. The monoisotopic (exact) mass is 561 g/mol. The third-order valence-corrected chi connectivity index (χ3v) is 7.71. The molecule has 192 valence electrons. The Morgan fingerprint density at radius 2 is 1.63 bits per heavy atom. The average molecular weight is 563 g/mol. The van der Waals surface area contributed by atoms with Gasteiger partial charge in [-0.15, -0.1) is 0 Å². The molecule has 0 saturated carbocycles. The molecule has 7 nitrogen and oxygen atoms in total. The zero-order chi connectivity index (χ0) is 26.3. The smallest absolute Gasteiger partial charge is 0.244 e. The van der Waals surface area contributed by atoms with Gasteiger partial charge in [-0.05, 0) is 49.6 Å². The third-order valence-electron chi connectivity index (χ3n) is 5.52. The number of amides is 2. The molecule has 0 saturated heterocycles. The molecule has 1 N–H and O–H groups in total. The molecule has 0 aromatic heterocycles. The fraction of sp³-hybridized carbons (Fsp3) is 0.417.